The zero-order valence-corrected chi connectivity index (χ0v) is 23.7. The molecule has 0 bridgehead atoms. The van der Waals surface area contributed by atoms with Crippen molar-refractivity contribution in [3.63, 3.8) is 0 Å². The van der Waals surface area contributed by atoms with Crippen LogP contribution < -0.4 is 4.90 Å². The molecule has 0 N–H and O–H groups in total. The van der Waals surface area contributed by atoms with Gasteiger partial charge in [0.2, 0.25) is 0 Å². The van der Waals surface area contributed by atoms with Crippen LogP contribution >= 0.6 is 11.6 Å². The fraction of sp³-hybridized carbons (Fsp3) is 0.571. The highest BCUT2D eigenvalue weighted by Gasteiger charge is 2.36. The van der Waals surface area contributed by atoms with E-state index in [2.05, 4.69) is 52.3 Å². The molecule has 1 unspecified atom stereocenters. The van der Waals surface area contributed by atoms with E-state index in [-0.39, 0.29) is 35.1 Å². The van der Waals surface area contributed by atoms with E-state index in [1.807, 2.05) is 16.8 Å². The maximum absolute atomic E-state index is 14.5. The van der Waals surface area contributed by atoms with Crippen molar-refractivity contribution in [2.24, 2.45) is 5.92 Å². The fourth-order valence-electron chi connectivity index (χ4n) is 6.24. The summed E-state index contributed by atoms with van der Waals surface area (Å²) in [6.07, 6.45) is 6.84. The van der Waals surface area contributed by atoms with Gasteiger partial charge in [0.1, 0.15) is 17.7 Å². The second-order valence-electron chi connectivity index (χ2n) is 11.5. The van der Waals surface area contributed by atoms with Gasteiger partial charge in [0.15, 0.2) is 11.5 Å². The first-order valence-electron chi connectivity index (χ1n) is 13.9. The largest absolute Gasteiger partial charge is 0.376 e. The van der Waals surface area contributed by atoms with Gasteiger partial charge in [-0.15, -0.1) is 10.2 Å². The van der Waals surface area contributed by atoms with Gasteiger partial charge in [0, 0.05) is 37.8 Å². The van der Waals surface area contributed by atoms with Gasteiger partial charge < -0.3 is 14.2 Å². The van der Waals surface area contributed by atoms with Crippen molar-refractivity contribution in [1.29, 1.82) is 0 Å². The van der Waals surface area contributed by atoms with Crippen LogP contribution in [0.5, 0.6) is 0 Å². The molecule has 6 rings (SSSR count). The molecule has 11 heteroatoms. The topological polar surface area (TPSA) is 76.6 Å². The minimum atomic E-state index is -0.367. The predicted octanol–water partition coefficient (Wildman–Crippen LogP) is 5.13. The molecule has 2 aliphatic rings. The van der Waals surface area contributed by atoms with E-state index in [1.54, 1.807) is 18.5 Å². The summed E-state index contributed by atoms with van der Waals surface area (Å²) >= 11 is 6.02. The Morgan fingerprint density at radius 1 is 1.15 bits per heavy atom. The van der Waals surface area contributed by atoms with Gasteiger partial charge in [0.25, 0.3) is 5.78 Å². The van der Waals surface area contributed by atoms with Crippen LogP contribution in [-0.2, 0) is 11.3 Å². The number of hydrogen-bond acceptors (Lipinski definition) is 7. The van der Waals surface area contributed by atoms with E-state index in [1.165, 1.54) is 0 Å². The molecule has 0 aliphatic carbocycles. The van der Waals surface area contributed by atoms with Crippen LogP contribution in [0.25, 0.3) is 16.9 Å². The number of nitrogens with zero attached hydrogens (tertiary/aromatic N) is 8. The molecule has 9 nitrogen and oxygen atoms in total. The second kappa shape index (κ2) is 10.6. The zero-order valence-electron chi connectivity index (χ0n) is 23.0. The Hall–Kier alpha value is -2.82. The van der Waals surface area contributed by atoms with Gasteiger partial charge >= 0.3 is 0 Å². The standard InChI is InChI=1S/C28H36ClFN8O/c1-17(2)10-24(20-7-8-22(29)23(30)11-20)36-12-19(4)37(13-18(36)3)26-25-27(38-16-32-34-28(38)33-26)35(15-31-25)14-21-6-5-9-39-21/h7-8,11,15-19,21,24H,5-6,9-10,12-14H2,1-4H3/t18-,19+,21+,24?/m1/s1. The summed E-state index contributed by atoms with van der Waals surface area (Å²) in [4.78, 5) is 14.6. The number of ether oxygens (including phenoxy) is 1. The van der Waals surface area contributed by atoms with Crippen LogP contribution in [0.3, 0.4) is 0 Å². The number of fused-ring (bicyclic) bond motifs is 3. The molecule has 0 amide bonds. The minimum Gasteiger partial charge on any atom is -0.376 e. The molecule has 0 radical (unpaired) electrons. The van der Waals surface area contributed by atoms with Crippen molar-refractivity contribution in [2.75, 3.05) is 24.6 Å². The third kappa shape index (κ3) is 4.98. The van der Waals surface area contributed by atoms with E-state index in [0.717, 1.165) is 68.0 Å². The summed E-state index contributed by atoms with van der Waals surface area (Å²) < 4.78 is 24.5. The maximum Gasteiger partial charge on any atom is 0.258 e. The average molecular weight is 555 g/mol. The Kier molecular flexibility index (Phi) is 7.20. The SMILES string of the molecule is CC(C)CC(c1ccc(Cl)c(F)c1)N1C[C@H](C)N(c2nc3nncn3c3c2ncn3C[C@@H]2CCCO2)C[C@H]1C. The van der Waals surface area contributed by atoms with Crippen molar-refractivity contribution in [1.82, 2.24) is 34.0 Å². The highest BCUT2D eigenvalue weighted by molar-refractivity contribution is 6.30. The first kappa shape index (κ1) is 26.4. The third-order valence-electron chi connectivity index (χ3n) is 8.14. The van der Waals surface area contributed by atoms with E-state index >= 15 is 0 Å². The summed E-state index contributed by atoms with van der Waals surface area (Å²) in [6, 6.07) is 5.68. The molecule has 208 valence electrons. The Morgan fingerprint density at radius 2 is 2.00 bits per heavy atom. The Labute approximate surface area is 232 Å². The first-order chi connectivity index (χ1) is 18.8. The van der Waals surface area contributed by atoms with E-state index in [9.17, 15) is 4.39 Å². The molecular weight excluding hydrogens is 519 g/mol. The lowest BCUT2D eigenvalue weighted by atomic mass is 9.92. The number of benzene rings is 1. The third-order valence-corrected chi connectivity index (χ3v) is 8.45. The van der Waals surface area contributed by atoms with Crippen LogP contribution in [0.15, 0.2) is 30.9 Å². The number of aromatic nitrogens is 6. The lowest BCUT2D eigenvalue weighted by Gasteiger charge is -2.48. The molecular formula is C28H36ClFN8O. The first-order valence-corrected chi connectivity index (χ1v) is 14.3. The van der Waals surface area contributed by atoms with Gasteiger partial charge in [-0.25, -0.2) is 13.8 Å². The van der Waals surface area contributed by atoms with Crippen LogP contribution in [0.4, 0.5) is 10.2 Å². The van der Waals surface area contributed by atoms with Crippen molar-refractivity contribution in [3.05, 3.63) is 47.3 Å². The zero-order chi connectivity index (χ0) is 27.3. The van der Waals surface area contributed by atoms with Gasteiger partial charge in [-0.1, -0.05) is 31.5 Å². The Balaban J connectivity index is 1.33. The number of rotatable bonds is 7. The number of anilines is 1. The fourth-order valence-corrected chi connectivity index (χ4v) is 6.36. The number of piperazine rings is 1. The van der Waals surface area contributed by atoms with E-state index in [0.29, 0.717) is 11.7 Å². The van der Waals surface area contributed by atoms with Crippen molar-refractivity contribution < 1.29 is 9.13 Å². The normalized spacial score (nSPS) is 23.5. The lowest BCUT2D eigenvalue weighted by Crippen LogP contribution is -2.57. The van der Waals surface area contributed by atoms with Crippen LogP contribution in [0.1, 0.15) is 58.6 Å². The molecule has 1 aromatic carbocycles. The van der Waals surface area contributed by atoms with Crippen LogP contribution in [0, 0.1) is 11.7 Å². The van der Waals surface area contributed by atoms with Gasteiger partial charge in [-0.05, 0) is 56.7 Å². The van der Waals surface area contributed by atoms with Crippen molar-refractivity contribution in [3.8, 4) is 0 Å². The molecule has 2 saturated heterocycles. The highest BCUT2D eigenvalue weighted by Crippen LogP contribution is 2.36. The molecule has 5 heterocycles. The molecule has 4 aromatic rings. The molecule has 39 heavy (non-hydrogen) atoms. The molecule has 0 spiro atoms. The lowest BCUT2D eigenvalue weighted by molar-refractivity contribution is 0.0958. The second-order valence-corrected chi connectivity index (χ2v) is 11.9. The van der Waals surface area contributed by atoms with Crippen LogP contribution in [-0.4, -0.2) is 71.9 Å². The average Bonchev–Trinajstić information content (AvgIpc) is 3.67. The molecule has 3 aromatic heterocycles. The maximum atomic E-state index is 14.5. The highest BCUT2D eigenvalue weighted by atomic mass is 35.5. The molecule has 2 fully saturated rings. The van der Waals surface area contributed by atoms with Gasteiger partial charge in [-0.3, -0.25) is 4.90 Å². The summed E-state index contributed by atoms with van der Waals surface area (Å²) in [7, 11) is 0. The Bertz CT molecular complexity index is 1460. The Morgan fingerprint density at radius 3 is 2.74 bits per heavy atom. The quantitative estimate of drug-likeness (QED) is 0.313. The van der Waals surface area contributed by atoms with E-state index < -0.39 is 0 Å². The van der Waals surface area contributed by atoms with Crippen LogP contribution in [0.2, 0.25) is 5.02 Å². The number of hydrogen-bond donors (Lipinski definition) is 0. The summed E-state index contributed by atoms with van der Waals surface area (Å²) in [5, 5.41) is 8.60. The summed E-state index contributed by atoms with van der Waals surface area (Å²) in [5.74, 6) is 1.48. The van der Waals surface area contributed by atoms with Gasteiger partial charge in [0.05, 0.1) is 24.0 Å². The van der Waals surface area contributed by atoms with E-state index in [4.69, 9.17) is 26.3 Å². The predicted molar refractivity (Wildman–Crippen MR) is 150 cm³/mol. The van der Waals surface area contributed by atoms with Crippen molar-refractivity contribution >= 4 is 34.4 Å². The summed E-state index contributed by atoms with van der Waals surface area (Å²) in [6.45, 7) is 12.0. The van der Waals surface area contributed by atoms with Gasteiger partial charge in [-0.2, -0.15) is 4.98 Å². The number of halogens is 2. The molecule has 2 aliphatic heterocycles. The van der Waals surface area contributed by atoms with Crippen molar-refractivity contribution in [2.45, 2.75) is 77.7 Å². The summed E-state index contributed by atoms with van der Waals surface area (Å²) in [5.41, 5.74) is 2.75. The number of imidazole rings is 1. The molecule has 0 saturated carbocycles. The molecule has 4 atom stereocenters. The monoisotopic (exact) mass is 554 g/mol. The smallest absolute Gasteiger partial charge is 0.258 e. The minimum absolute atomic E-state index is 0.0916.